The van der Waals surface area contributed by atoms with Crippen LogP contribution in [0.15, 0.2) is 6.07 Å². The fourth-order valence-electron chi connectivity index (χ4n) is 1.61. The van der Waals surface area contributed by atoms with Gasteiger partial charge in [0.1, 0.15) is 11.6 Å². The maximum atomic E-state index is 12.8. The molecule has 0 aliphatic carbocycles. The number of nitrogens with two attached hydrogens (primary N) is 1. The second-order valence-electron chi connectivity index (χ2n) is 4.34. The van der Waals surface area contributed by atoms with Crippen molar-refractivity contribution in [3.63, 3.8) is 0 Å². The zero-order chi connectivity index (χ0) is 16.0. The van der Waals surface area contributed by atoms with E-state index >= 15 is 0 Å². The standard InChI is InChI=1S/C12H18F3N5O/c1-3-5-17-9-6-10(20(4-2)7-8(16)21)19-11(18-9)12(13,14)15/h6H,3-5,7H2,1-2H3,(H2,16,21)(H,17,18,19). The van der Waals surface area contributed by atoms with Crippen LogP contribution in [0.25, 0.3) is 0 Å². The Balaban J connectivity index is 3.19. The zero-order valence-corrected chi connectivity index (χ0v) is 11.9. The molecule has 0 aliphatic rings. The summed E-state index contributed by atoms with van der Waals surface area (Å²) in [7, 11) is 0. The predicted octanol–water partition coefficient (Wildman–Crippen LogP) is 1.63. The minimum absolute atomic E-state index is 0.0113. The van der Waals surface area contributed by atoms with Crippen LogP contribution in [0.5, 0.6) is 0 Å². The first-order valence-electron chi connectivity index (χ1n) is 6.51. The van der Waals surface area contributed by atoms with Crippen molar-refractivity contribution in [2.75, 3.05) is 29.9 Å². The molecule has 0 bridgehead atoms. The lowest BCUT2D eigenvalue weighted by Crippen LogP contribution is -2.34. The normalized spacial score (nSPS) is 11.3. The molecule has 0 unspecified atom stereocenters. The van der Waals surface area contributed by atoms with E-state index in [4.69, 9.17) is 5.73 Å². The molecule has 9 heteroatoms. The van der Waals surface area contributed by atoms with E-state index < -0.39 is 17.9 Å². The van der Waals surface area contributed by atoms with Crippen LogP contribution in [-0.2, 0) is 11.0 Å². The van der Waals surface area contributed by atoms with E-state index in [-0.39, 0.29) is 18.2 Å². The molecule has 0 aromatic carbocycles. The van der Waals surface area contributed by atoms with Crippen LogP contribution in [-0.4, -0.2) is 35.5 Å². The van der Waals surface area contributed by atoms with Gasteiger partial charge < -0.3 is 16.0 Å². The fourth-order valence-corrected chi connectivity index (χ4v) is 1.61. The van der Waals surface area contributed by atoms with Crippen LogP contribution in [0, 0.1) is 0 Å². The van der Waals surface area contributed by atoms with E-state index in [1.54, 1.807) is 6.92 Å². The first kappa shape index (κ1) is 17.0. The molecule has 118 valence electrons. The van der Waals surface area contributed by atoms with E-state index in [1.165, 1.54) is 11.0 Å². The Morgan fingerprint density at radius 1 is 1.38 bits per heavy atom. The highest BCUT2D eigenvalue weighted by atomic mass is 19.4. The van der Waals surface area contributed by atoms with E-state index in [2.05, 4.69) is 15.3 Å². The Hall–Kier alpha value is -2.06. The Morgan fingerprint density at radius 2 is 2.05 bits per heavy atom. The molecule has 0 saturated carbocycles. The number of hydrogen-bond acceptors (Lipinski definition) is 5. The summed E-state index contributed by atoms with van der Waals surface area (Å²) in [6.45, 7) is 4.14. The molecular formula is C12H18F3N5O. The first-order chi connectivity index (χ1) is 9.77. The number of alkyl halides is 3. The Morgan fingerprint density at radius 3 is 2.52 bits per heavy atom. The molecule has 1 aromatic heterocycles. The topological polar surface area (TPSA) is 84.1 Å². The van der Waals surface area contributed by atoms with E-state index in [1.807, 2.05) is 6.92 Å². The number of anilines is 2. The molecule has 0 radical (unpaired) electrons. The number of aromatic nitrogens is 2. The van der Waals surface area contributed by atoms with Gasteiger partial charge in [-0.3, -0.25) is 4.79 Å². The van der Waals surface area contributed by atoms with E-state index in [9.17, 15) is 18.0 Å². The van der Waals surface area contributed by atoms with Crippen LogP contribution in [0.1, 0.15) is 26.1 Å². The largest absolute Gasteiger partial charge is 0.451 e. The molecule has 0 fully saturated rings. The maximum Gasteiger partial charge on any atom is 0.451 e. The number of hydrogen-bond donors (Lipinski definition) is 2. The zero-order valence-electron chi connectivity index (χ0n) is 11.9. The lowest BCUT2D eigenvalue weighted by Gasteiger charge is -2.21. The highest BCUT2D eigenvalue weighted by molar-refractivity contribution is 5.79. The van der Waals surface area contributed by atoms with Crippen LogP contribution < -0.4 is 16.0 Å². The lowest BCUT2D eigenvalue weighted by molar-refractivity contribution is -0.144. The van der Waals surface area contributed by atoms with Crippen LogP contribution >= 0.6 is 0 Å². The number of primary amides is 1. The predicted molar refractivity (Wildman–Crippen MR) is 72.9 cm³/mol. The number of carbonyl (C=O) groups excluding carboxylic acids is 1. The minimum atomic E-state index is -4.66. The van der Waals surface area contributed by atoms with Gasteiger partial charge >= 0.3 is 6.18 Å². The van der Waals surface area contributed by atoms with Gasteiger partial charge in [-0.15, -0.1) is 0 Å². The van der Waals surface area contributed by atoms with Crippen LogP contribution in [0.3, 0.4) is 0 Å². The van der Waals surface area contributed by atoms with Crippen LogP contribution in [0.2, 0.25) is 0 Å². The Labute approximate surface area is 120 Å². The number of rotatable bonds is 7. The van der Waals surface area contributed by atoms with Gasteiger partial charge in [0.25, 0.3) is 0 Å². The minimum Gasteiger partial charge on any atom is -0.370 e. The number of carbonyl (C=O) groups is 1. The molecule has 0 saturated heterocycles. The van der Waals surface area contributed by atoms with Gasteiger partial charge in [-0.25, -0.2) is 9.97 Å². The van der Waals surface area contributed by atoms with Gasteiger partial charge in [0.15, 0.2) is 0 Å². The number of halogens is 3. The summed E-state index contributed by atoms with van der Waals surface area (Å²) in [5.41, 5.74) is 5.09. The number of nitrogens with zero attached hydrogens (tertiary/aromatic N) is 3. The summed E-state index contributed by atoms with van der Waals surface area (Å²) in [5, 5.41) is 2.79. The SMILES string of the molecule is CCCNc1cc(N(CC)CC(N)=O)nc(C(F)(F)F)n1. The Kier molecular flexibility index (Phi) is 5.74. The van der Waals surface area contributed by atoms with Crippen molar-refractivity contribution in [3.05, 3.63) is 11.9 Å². The molecule has 1 amide bonds. The van der Waals surface area contributed by atoms with Crippen LogP contribution in [0.4, 0.5) is 24.8 Å². The summed E-state index contributed by atoms with van der Waals surface area (Å²) in [5.74, 6) is -1.82. The molecule has 6 nitrogen and oxygen atoms in total. The molecule has 1 heterocycles. The highest BCUT2D eigenvalue weighted by Crippen LogP contribution is 2.29. The van der Waals surface area contributed by atoms with Crippen molar-refractivity contribution in [1.82, 2.24) is 9.97 Å². The summed E-state index contributed by atoms with van der Waals surface area (Å²) < 4.78 is 38.5. The van der Waals surface area contributed by atoms with Crippen molar-refractivity contribution >= 4 is 17.5 Å². The van der Waals surface area contributed by atoms with Gasteiger partial charge in [0.2, 0.25) is 11.7 Å². The van der Waals surface area contributed by atoms with Gasteiger partial charge in [-0.1, -0.05) is 6.92 Å². The molecule has 1 aromatic rings. The van der Waals surface area contributed by atoms with Crippen molar-refractivity contribution in [1.29, 1.82) is 0 Å². The third-order valence-corrected chi connectivity index (χ3v) is 2.57. The van der Waals surface area contributed by atoms with Gasteiger partial charge in [0, 0.05) is 19.2 Å². The maximum absolute atomic E-state index is 12.8. The quantitative estimate of drug-likeness (QED) is 0.800. The van der Waals surface area contributed by atoms with Crippen molar-refractivity contribution in [3.8, 4) is 0 Å². The van der Waals surface area contributed by atoms with Crippen molar-refractivity contribution in [2.24, 2.45) is 5.73 Å². The van der Waals surface area contributed by atoms with Crippen molar-refractivity contribution < 1.29 is 18.0 Å². The molecule has 0 atom stereocenters. The third kappa shape index (κ3) is 5.09. The van der Waals surface area contributed by atoms with E-state index in [0.717, 1.165) is 6.42 Å². The molecule has 1 rings (SSSR count). The van der Waals surface area contributed by atoms with E-state index in [0.29, 0.717) is 13.1 Å². The number of amides is 1. The lowest BCUT2D eigenvalue weighted by atomic mass is 10.4. The highest BCUT2D eigenvalue weighted by Gasteiger charge is 2.36. The summed E-state index contributed by atoms with van der Waals surface area (Å²) in [6, 6.07) is 1.37. The van der Waals surface area contributed by atoms with Gasteiger partial charge in [-0.2, -0.15) is 13.2 Å². The third-order valence-electron chi connectivity index (χ3n) is 2.57. The Bertz CT molecular complexity index is 492. The van der Waals surface area contributed by atoms with Gasteiger partial charge in [0.05, 0.1) is 6.54 Å². The number of likely N-dealkylation sites (N-methyl/N-ethyl adjacent to an activating group) is 1. The molecule has 0 spiro atoms. The monoisotopic (exact) mass is 305 g/mol. The fraction of sp³-hybridized carbons (Fsp3) is 0.583. The molecule has 3 N–H and O–H groups in total. The second kappa shape index (κ2) is 7.09. The summed E-state index contributed by atoms with van der Waals surface area (Å²) >= 11 is 0. The average molecular weight is 305 g/mol. The average Bonchev–Trinajstić information content (AvgIpc) is 2.41. The smallest absolute Gasteiger partial charge is 0.370 e. The summed E-state index contributed by atoms with van der Waals surface area (Å²) in [6.07, 6.45) is -3.93. The first-order valence-corrected chi connectivity index (χ1v) is 6.51. The number of nitrogens with one attached hydrogen (secondary N) is 1. The molecule has 21 heavy (non-hydrogen) atoms. The van der Waals surface area contributed by atoms with Gasteiger partial charge in [-0.05, 0) is 13.3 Å². The second-order valence-corrected chi connectivity index (χ2v) is 4.34. The summed E-state index contributed by atoms with van der Waals surface area (Å²) in [4.78, 5) is 19.3. The van der Waals surface area contributed by atoms with Crippen molar-refractivity contribution in [2.45, 2.75) is 26.4 Å². The molecule has 0 aliphatic heterocycles. The molecular weight excluding hydrogens is 287 g/mol.